The molecule has 2 atom stereocenters. The molecule has 23 heavy (non-hydrogen) atoms. The van der Waals surface area contributed by atoms with E-state index >= 15 is 0 Å². The summed E-state index contributed by atoms with van der Waals surface area (Å²) < 4.78 is 1.63. The Morgan fingerprint density at radius 2 is 1.96 bits per heavy atom. The van der Waals surface area contributed by atoms with E-state index in [1.54, 1.807) is 23.8 Å². The van der Waals surface area contributed by atoms with Crippen LogP contribution in [0.3, 0.4) is 0 Å². The molecular formula is C17H21N3O3. The van der Waals surface area contributed by atoms with Gasteiger partial charge in [0.25, 0.3) is 11.5 Å². The van der Waals surface area contributed by atoms with Crippen molar-refractivity contribution in [3.63, 3.8) is 0 Å². The number of allylic oxidation sites excluding steroid dienone is 1. The lowest BCUT2D eigenvalue weighted by molar-refractivity contribution is -0.122. The molecule has 6 heteroatoms. The number of pyridine rings is 1. The van der Waals surface area contributed by atoms with E-state index < -0.39 is 17.7 Å². The molecule has 0 saturated heterocycles. The summed E-state index contributed by atoms with van der Waals surface area (Å²) in [5.74, 6) is -1.28. The fourth-order valence-electron chi connectivity index (χ4n) is 3.09. The number of aromatic nitrogens is 1. The van der Waals surface area contributed by atoms with Crippen LogP contribution in [0.2, 0.25) is 0 Å². The van der Waals surface area contributed by atoms with E-state index in [1.165, 1.54) is 0 Å². The van der Waals surface area contributed by atoms with Crippen molar-refractivity contribution in [1.82, 2.24) is 9.88 Å². The van der Waals surface area contributed by atoms with Crippen molar-refractivity contribution in [3.05, 3.63) is 45.9 Å². The van der Waals surface area contributed by atoms with E-state index in [4.69, 9.17) is 5.73 Å². The molecule has 0 spiro atoms. The number of aryl methyl sites for hydroxylation is 1. The van der Waals surface area contributed by atoms with E-state index in [1.807, 2.05) is 12.2 Å². The second kappa shape index (κ2) is 6.02. The molecule has 1 aromatic rings. The van der Waals surface area contributed by atoms with Crippen LogP contribution in [-0.4, -0.2) is 22.4 Å². The Hall–Kier alpha value is -2.37. The fourth-order valence-corrected chi connectivity index (χ4v) is 3.09. The molecule has 2 aliphatic rings. The van der Waals surface area contributed by atoms with Crippen LogP contribution >= 0.6 is 0 Å². The van der Waals surface area contributed by atoms with Gasteiger partial charge in [-0.3, -0.25) is 14.4 Å². The highest BCUT2D eigenvalue weighted by molar-refractivity contribution is 5.95. The third-order valence-electron chi connectivity index (χ3n) is 4.61. The summed E-state index contributed by atoms with van der Waals surface area (Å²) in [5.41, 5.74) is 5.97. The van der Waals surface area contributed by atoms with Gasteiger partial charge in [0.2, 0.25) is 5.91 Å². The van der Waals surface area contributed by atoms with Crippen molar-refractivity contribution in [1.29, 1.82) is 0 Å². The topological polar surface area (TPSA) is 94.2 Å². The molecule has 0 aromatic carbocycles. The van der Waals surface area contributed by atoms with Crippen LogP contribution in [0.1, 0.15) is 47.6 Å². The number of nitrogens with one attached hydrogen (secondary N) is 1. The Bertz CT molecular complexity index is 731. The molecule has 2 amide bonds. The Morgan fingerprint density at radius 1 is 1.26 bits per heavy atom. The highest BCUT2D eigenvalue weighted by atomic mass is 16.2. The van der Waals surface area contributed by atoms with E-state index in [9.17, 15) is 14.4 Å². The van der Waals surface area contributed by atoms with Crippen molar-refractivity contribution in [2.24, 2.45) is 11.7 Å². The van der Waals surface area contributed by atoms with Gasteiger partial charge >= 0.3 is 0 Å². The molecule has 1 heterocycles. The zero-order valence-electron chi connectivity index (χ0n) is 13.1. The fraction of sp³-hybridized carbons (Fsp3) is 0.471. The van der Waals surface area contributed by atoms with Crippen molar-refractivity contribution in [2.75, 3.05) is 0 Å². The first kappa shape index (κ1) is 15.5. The largest absolute Gasteiger partial charge is 0.369 e. The van der Waals surface area contributed by atoms with E-state index in [-0.39, 0.29) is 23.2 Å². The third kappa shape index (κ3) is 3.06. The highest BCUT2D eigenvalue weighted by Crippen LogP contribution is 2.33. The number of hydrogen-bond donors (Lipinski definition) is 2. The minimum atomic E-state index is -0.432. The zero-order chi connectivity index (χ0) is 16.6. The Labute approximate surface area is 134 Å². The van der Waals surface area contributed by atoms with Crippen LogP contribution in [0.25, 0.3) is 0 Å². The first-order valence-corrected chi connectivity index (χ1v) is 7.96. The van der Waals surface area contributed by atoms with Gasteiger partial charge < -0.3 is 15.6 Å². The van der Waals surface area contributed by atoms with Crippen LogP contribution in [0.5, 0.6) is 0 Å². The van der Waals surface area contributed by atoms with Crippen LogP contribution in [0, 0.1) is 12.8 Å². The highest BCUT2D eigenvalue weighted by Gasteiger charge is 2.31. The Kier molecular flexibility index (Phi) is 4.07. The first-order chi connectivity index (χ1) is 11.0. The summed E-state index contributed by atoms with van der Waals surface area (Å²) in [5, 5.41) is 2.83. The molecule has 6 nitrogen and oxygen atoms in total. The van der Waals surface area contributed by atoms with Gasteiger partial charge in [-0.25, -0.2) is 0 Å². The van der Waals surface area contributed by atoms with Gasteiger partial charge in [0.05, 0.1) is 5.92 Å². The summed E-state index contributed by atoms with van der Waals surface area (Å²) in [4.78, 5) is 36.7. The number of rotatable bonds is 4. The lowest BCUT2D eigenvalue weighted by Gasteiger charge is -2.27. The molecule has 2 aliphatic carbocycles. The molecule has 0 bridgehead atoms. The molecule has 1 aromatic heterocycles. The van der Waals surface area contributed by atoms with Crippen LogP contribution in [-0.2, 0) is 4.79 Å². The van der Waals surface area contributed by atoms with Gasteiger partial charge in [-0.2, -0.15) is 0 Å². The van der Waals surface area contributed by atoms with E-state index in [0.717, 1.165) is 12.8 Å². The number of nitrogens with zero attached hydrogens (tertiary/aromatic N) is 1. The zero-order valence-corrected chi connectivity index (χ0v) is 13.1. The maximum atomic E-state index is 12.6. The second-order valence-corrected chi connectivity index (χ2v) is 6.35. The van der Waals surface area contributed by atoms with Crippen molar-refractivity contribution >= 4 is 11.8 Å². The molecular weight excluding hydrogens is 294 g/mol. The second-order valence-electron chi connectivity index (χ2n) is 6.35. The van der Waals surface area contributed by atoms with Crippen molar-refractivity contribution in [3.8, 4) is 0 Å². The third-order valence-corrected chi connectivity index (χ3v) is 4.61. The number of primary amides is 1. The maximum absolute atomic E-state index is 12.6. The number of carbonyl (C=O) groups is 2. The molecule has 0 aliphatic heterocycles. The van der Waals surface area contributed by atoms with Crippen LogP contribution < -0.4 is 16.6 Å². The number of hydrogen-bond acceptors (Lipinski definition) is 3. The van der Waals surface area contributed by atoms with Crippen molar-refractivity contribution in [2.45, 2.75) is 44.7 Å². The minimum absolute atomic E-state index is 0.164. The summed E-state index contributed by atoms with van der Waals surface area (Å²) in [6.07, 6.45) is 8.57. The lowest BCUT2D eigenvalue weighted by Crippen LogP contribution is -2.47. The number of amides is 2. The van der Waals surface area contributed by atoms with Gasteiger partial charge in [-0.1, -0.05) is 12.2 Å². The summed E-state index contributed by atoms with van der Waals surface area (Å²) >= 11 is 0. The molecule has 1 saturated carbocycles. The maximum Gasteiger partial charge on any atom is 0.263 e. The predicted octanol–water partition coefficient (Wildman–Crippen LogP) is 1.04. The standard InChI is InChI=1S/C17H21N3O3/c1-10-8-9-20(11-6-7-11)17(23)14(10)16(22)19-13-5-3-2-4-12(13)15(18)21/h2-3,8-9,11-13H,4-7H2,1H3,(H2,18,21)(H,19,22)/t12-,13-/m1/s1. The van der Waals surface area contributed by atoms with Crippen molar-refractivity contribution < 1.29 is 9.59 Å². The number of carbonyl (C=O) groups excluding carboxylic acids is 2. The Morgan fingerprint density at radius 3 is 2.61 bits per heavy atom. The van der Waals surface area contributed by atoms with Gasteiger partial charge in [0, 0.05) is 18.3 Å². The normalized spacial score (nSPS) is 23.5. The first-order valence-electron chi connectivity index (χ1n) is 7.96. The smallest absolute Gasteiger partial charge is 0.263 e. The molecule has 122 valence electrons. The summed E-state index contributed by atoms with van der Waals surface area (Å²) in [6.45, 7) is 1.75. The molecule has 0 unspecified atom stereocenters. The molecule has 1 fully saturated rings. The quantitative estimate of drug-likeness (QED) is 0.813. The monoisotopic (exact) mass is 315 g/mol. The number of nitrogens with two attached hydrogens (primary N) is 1. The van der Waals surface area contributed by atoms with Crippen LogP contribution in [0.15, 0.2) is 29.2 Å². The minimum Gasteiger partial charge on any atom is -0.369 e. The predicted molar refractivity (Wildman–Crippen MR) is 86.0 cm³/mol. The average Bonchev–Trinajstić information content (AvgIpc) is 3.32. The van der Waals surface area contributed by atoms with Crippen LogP contribution in [0.4, 0.5) is 0 Å². The van der Waals surface area contributed by atoms with Gasteiger partial charge in [0.1, 0.15) is 5.56 Å². The lowest BCUT2D eigenvalue weighted by atomic mass is 9.88. The summed E-state index contributed by atoms with van der Waals surface area (Å²) in [6, 6.07) is 1.64. The molecule has 3 N–H and O–H groups in total. The van der Waals surface area contributed by atoms with Gasteiger partial charge in [-0.15, -0.1) is 0 Å². The Balaban J connectivity index is 1.86. The van der Waals surface area contributed by atoms with E-state index in [0.29, 0.717) is 18.4 Å². The molecule has 3 rings (SSSR count). The van der Waals surface area contributed by atoms with Gasteiger partial charge in [0.15, 0.2) is 0 Å². The SMILES string of the molecule is Cc1ccn(C2CC2)c(=O)c1C(=O)N[C@@H]1CC=CC[C@H]1C(N)=O. The van der Waals surface area contributed by atoms with E-state index in [2.05, 4.69) is 5.32 Å². The summed E-state index contributed by atoms with van der Waals surface area (Å²) in [7, 11) is 0. The average molecular weight is 315 g/mol. The van der Waals surface area contributed by atoms with Gasteiger partial charge in [-0.05, 0) is 44.2 Å². The molecule has 0 radical (unpaired) electrons.